The highest BCUT2D eigenvalue weighted by molar-refractivity contribution is 7.85. The number of aromatic nitrogens is 1. The summed E-state index contributed by atoms with van der Waals surface area (Å²) in [6.07, 6.45) is -0.662. The highest BCUT2D eigenvalue weighted by Crippen LogP contribution is 2.24. The number of hydrogen-bond acceptors (Lipinski definition) is 6. The van der Waals surface area contributed by atoms with E-state index in [9.17, 15) is 14.1 Å². The maximum atomic E-state index is 12.2. The van der Waals surface area contributed by atoms with Crippen LogP contribution in [0.5, 0.6) is 0 Å². The van der Waals surface area contributed by atoms with Crippen molar-refractivity contribution in [2.24, 2.45) is 10.3 Å². The van der Waals surface area contributed by atoms with Gasteiger partial charge in [0, 0.05) is 17.5 Å². The molecule has 1 heterocycles. The maximum Gasteiger partial charge on any atom is 0.357 e. The first-order valence-electron chi connectivity index (χ1n) is 7.27. The van der Waals surface area contributed by atoms with Crippen LogP contribution < -0.4 is 0 Å². The average molecular weight is 361 g/mol. The van der Waals surface area contributed by atoms with Gasteiger partial charge in [-0.2, -0.15) is 4.40 Å². The second kappa shape index (κ2) is 8.12. The van der Waals surface area contributed by atoms with E-state index in [1.165, 1.54) is 18.4 Å². The lowest BCUT2D eigenvalue weighted by Crippen LogP contribution is -2.23. The molecular weight excluding hydrogens is 336 g/mol. The monoisotopic (exact) mass is 360 g/mol. The third kappa shape index (κ3) is 5.78. The zero-order valence-corrected chi connectivity index (χ0v) is 16.0. The Hall–Kier alpha value is -1.12. The smallest absolute Gasteiger partial charge is 0.357 e. The molecule has 0 unspecified atom stereocenters. The fourth-order valence-electron chi connectivity index (χ4n) is 1.55. The van der Waals surface area contributed by atoms with Gasteiger partial charge in [0.15, 0.2) is 5.69 Å². The Morgan fingerprint density at radius 1 is 1.48 bits per heavy atom. The Balaban J connectivity index is 2.92. The number of aliphatic hydroxyl groups is 1. The normalized spacial score (nSPS) is 15.6. The van der Waals surface area contributed by atoms with Crippen LogP contribution in [0.1, 0.15) is 62.6 Å². The lowest BCUT2D eigenvalue weighted by molar-refractivity contribution is 0.0594. The van der Waals surface area contributed by atoms with Gasteiger partial charge in [0.25, 0.3) is 0 Å². The minimum atomic E-state index is -1.38. The van der Waals surface area contributed by atoms with Crippen LogP contribution in [0.25, 0.3) is 0 Å². The zero-order chi connectivity index (χ0) is 17.8. The number of carbonyl (C=O) groups is 1. The molecule has 0 aliphatic carbocycles. The first kappa shape index (κ1) is 19.9. The quantitative estimate of drug-likeness (QED) is 0.622. The lowest BCUT2D eigenvalue weighted by atomic mass is 10.0. The molecule has 0 aliphatic heterocycles. The molecule has 0 amide bonds. The van der Waals surface area contributed by atoms with E-state index < -0.39 is 27.8 Å². The summed E-state index contributed by atoms with van der Waals surface area (Å²) in [6.45, 7) is 9.43. The van der Waals surface area contributed by atoms with Crippen molar-refractivity contribution in [3.05, 3.63) is 16.1 Å². The number of thiazole rings is 1. The van der Waals surface area contributed by atoms with E-state index in [0.717, 1.165) is 0 Å². The van der Waals surface area contributed by atoms with E-state index in [2.05, 4.69) is 14.1 Å². The van der Waals surface area contributed by atoms with E-state index in [4.69, 9.17) is 0 Å². The molecule has 0 aromatic carbocycles. The van der Waals surface area contributed by atoms with Crippen LogP contribution in [0.15, 0.2) is 9.78 Å². The first-order chi connectivity index (χ1) is 10.6. The molecule has 0 aliphatic rings. The van der Waals surface area contributed by atoms with Crippen molar-refractivity contribution in [1.29, 1.82) is 0 Å². The number of methoxy groups -OCH3 is 1. The van der Waals surface area contributed by atoms with Crippen LogP contribution in [-0.4, -0.2) is 37.8 Å². The topological polar surface area (TPSA) is 88.9 Å². The van der Waals surface area contributed by atoms with Crippen LogP contribution in [0.3, 0.4) is 0 Å². The lowest BCUT2D eigenvalue weighted by Gasteiger charge is -2.18. The SMILES string of the molecule is COC(=O)c1csc([C@H](O)C/C(=N/[S@@](=O)C(C)(C)C)C(C)C)n1. The molecule has 1 rings (SSSR count). The summed E-state index contributed by atoms with van der Waals surface area (Å²) >= 11 is 1.19. The fourth-order valence-corrected chi connectivity index (χ4v) is 3.09. The van der Waals surface area contributed by atoms with E-state index >= 15 is 0 Å². The predicted molar refractivity (Wildman–Crippen MR) is 93.2 cm³/mol. The van der Waals surface area contributed by atoms with Crippen LogP contribution in [-0.2, 0) is 15.7 Å². The highest BCUT2D eigenvalue weighted by Gasteiger charge is 2.23. The van der Waals surface area contributed by atoms with Gasteiger partial charge in [0.05, 0.1) is 11.9 Å². The summed E-state index contributed by atoms with van der Waals surface area (Å²) in [4.78, 5) is 15.5. The molecule has 0 saturated heterocycles. The molecule has 0 fully saturated rings. The maximum absolute atomic E-state index is 12.2. The Bertz CT molecular complexity index is 603. The van der Waals surface area contributed by atoms with Crippen molar-refractivity contribution in [3.63, 3.8) is 0 Å². The standard InChI is InChI=1S/C15H24N2O4S2/c1-9(2)10(17-23(20)15(3,4)5)7-12(18)13-16-11(8-22-13)14(19)21-6/h8-9,12,18H,7H2,1-6H3/b17-10-/t12-,23+/m1/s1. The second-order valence-corrected chi connectivity index (χ2v) is 9.18. The van der Waals surface area contributed by atoms with Gasteiger partial charge in [-0.15, -0.1) is 11.3 Å². The van der Waals surface area contributed by atoms with E-state index in [1.54, 1.807) is 5.38 Å². The van der Waals surface area contributed by atoms with Gasteiger partial charge < -0.3 is 9.84 Å². The number of carbonyl (C=O) groups excluding carboxylic acids is 1. The fraction of sp³-hybridized carbons (Fsp3) is 0.667. The van der Waals surface area contributed by atoms with E-state index in [-0.39, 0.29) is 18.0 Å². The third-order valence-corrected chi connectivity index (χ3v) is 5.39. The Morgan fingerprint density at radius 3 is 2.57 bits per heavy atom. The van der Waals surface area contributed by atoms with Gasteiger partial charge in [0.1, 0.15) is 22.1 Å². The Labute approximate surface area is 143 Å². The molecule has 6 nitrogen and oxygen atoms in total. The Kier molecular flexibility index (Phi) is 7.03. The summed E-state index contributed by atoms with van der Waals surface area (Å²) in [7, 11) is -0.0977. The molecular formula is C15H24N2O4S2. The van der Waals surface area contributed by atoms with Crippen molar-refractivity contribution >= 4 is 34.0 Å². The van der Waals surface area contributed by atoms with Crippen LogP contribution in [0.4, 0.5) is 0 Å². The molecule has 2 atom stereocenters. The van der Waals surface area contributed by atoms with Crippen molar-refractivity contribution < 1.29 is 18.8 Å². The minimum Gasteiger partial charge on any atom is -0.464 e. The van der Waals surface area contributed by atoms with Gasteiger partial charge >= 0.3 is 5.97 Å². The number of hydrogen-bond donors (Lipinski definition) is 1. The molecule has 23 heavy (non-hydrogen) atoms. The number of aliphatic hydroxyl groups excluding tert-OH is 1. The van der Waals surface area contributed by atoms with Crippen molar-refractivity contribution in [3.8, 4) is 0 Å². The first-order valence-corrected chi connectivity index (χ1v) is 9.26. The zero-order valence-electron chi connectivity index (χ0n) is 14.3. The van der Waals surface area contributed by atoms with Gasteiger partial charge in [-0.1, -0.05) is 13.8 Å². The highest BCUT2D eigenvalue weighted by atomic mass is 32.2. The molecule has 0 radical (unpaired) electrons. The van der Waals surface area contributed by atoms with Crippen LogP contribution in [0, 0.1) is 5.92 Å². The molecule has 8 heteroatoms. The Morgan fingerprint density at radius 2 is 2.09 bits per heavy atom. The predicted octanol–water partition coefficient (Wildman–Crippen LogP) is 2.91. The van der Waals surface area contributed by atoms with Crippen molar-refractivity contribution in [2.45, 2.75) is 51.9 Å². The van der Waals surface area contributed by atoms with Crippen LogP contribution >= 0.6 is 11.3 Å². The summed E-state index contributed by atoms with van der Waals surface area (Å²) in [5.41, 5.74) is 0.841. The summed E-state index contributed by atoms with van der Waals surface area (Å²) in [5, 5.41) is 12.3. The van der Waals surface area contributed by atoms with Gasteiger partial charge in [-0.05, 0) is 26.7 Å². The molecule has 0 spiro atoms. The molecule has 1 N–H and O–H groups in total. The van der Waals surface area contributed by atoms with Gasteiger partial charge in [-0.25, -0.2) is 14.0 Å². The number of rotatable bonds is 6. The second-order valence-electron chi connectivity index (χ2n) is 6.38. The van der Waals surface area contributed by atoms with Crippen molar-refractivity contribution in [2.75, 3.05) is 7.11 Å². The largest absolute Gasteiger partial charge is 0.464 e. The summed E-state index contributed by atoms with van der Waals surface area (Å²) in [6, 6.07) is 0. The number of nitrogens with zero attached hydrogens (tertiary/aromatic N) is 2. The molecule has 130 valence electrons. The third-order valence-electron chi connectivity index (χ3n) is 2.99. The molecule has 0 saturated carbocycles. The van der Waals surface area contributed by atoms with E-state index in [0.29, 0.717) is 10.7 Å². The minimum absolute atomic E-state index is 0.0518. The van der Waals surface area contributed by atoms with Gasteiger partial charge in [-0.3, -0.25) is 0 Å². The summed E-state index contributed by atoms with van der Waals surface area (Å²) < 4.78 is 20.6. The summed E-state index contributed by atoms with van der Waals surface area (Å²) in [5.74, 6) is -0.484. The molecule has 1 aromatic heterocycles. The molecule has 1 aromatic rings. The van der Waals surface area contributed by atoms with Crippen molar-refractivity contribution in [1.82, 2.24) is 4.98 Å². The average Bonchev–Trinajstić information content (AvgIpc) is 2.94. The van der Waals surface area contributed by atoms with Crippen LogP contribution in [0.2, 0.25) is 0 Å². The number of esters is 1. The van der Waals surface area contributed by atoms with E-state index in [1.807, 2.05) is 34.6 Å². The molecule has 0 bridgehead atoms. The van der Waals surface area contributed by atoms with Gasteiger partial charge in [0.2, 0.25) is 0 Å². The number of ether oxygens (including phenoxy) is 1.